The molecular formula is C10H24N2O3. The van der Waals surface area contributed by atoms with E-state index in [9.17, 15) is 0 Å². The molecule has 0 aromatic carbocycles. The van der Waals surface area contributed by atoms with E-state index in [4.69, 9.17) is 25.7 Å². The molecule has 0 aromatic rings. The minimum Gasteiger partial charge on any atom is -0.379 e. The number of hydrogen-bond acceptors (Lipinski definition) is 5. The Labute approximate surface area is 92.0 Å². The van der Waals surface area contributed by atoms with E-state index in [0.717, 1.165) is 13.0 Å². The molecule has 5 nitrogen and oxygen atoms in total. The van der Waals surface area contributed by atoms with Gasteiger partial charge in [0, 0.05) is 6.61 Å². The number of rotatable bonds is 11. The Morgan fingerprint density at radius 1 is 1.00 bits per heavy atom. The van der Waals surface area contributed by atoms with Gasteiger partial charge in [-0.15, -0.1) is 0 Å². The second-order valence-electron chi connectivity index (χ2n) is 3.21. The van der Waals surface area contributed by atoms with Gasteiger partial charge in [0.05, 0.1) is 26.4 Å². The predicted octanol–water partition coefficient (Wildman–Crippen LogP) is 0.0798. The van der Waals surface area contributed by atoms with E-state index in [0.29, 0.717) is 39.4 Å². The van der Waals surface area contributed by atoms with Gasteiger partial charge in [-0.2, -0.15) is 0 Å². The molecule has 0 spiro atoms. The lowest BCUT2D eigenvalue weighted by atomic mass is 10.4. The Bertz CT molecular complexity index is 125. The average molecular weight is 220 g/mol. The van der Waals surface area contributed by atoms with E-state index in [2.05, 4.69) is 6.92 Å². The average Bonchev–Trinajstić information content (AvgIpc) is 2.22. The Morgan fingerprint density at radius 2 is 1.60 bits per heavy atom. The van der Waals surface area contributed by atoms with Gasteiger partial charge in [-0.3, -0.25) is 0 Å². The highest BCUT2D eigenvalue weighted by Gasteiger charge is 1.99. The van der Waals surface area contributed by atoms with E-state index in [1.54, 1.807) is 0 Å². The van der Waals surface area contributed by atoms with Crippen molar-refractivity contribution in [3.8, 4) is 0 Å². The maximum absolute atomic E-state index is 5.58. The van der Waals surface area contributed by atoms with Crippen molar-refractivity contribution in [2.24, 2.45) is 11.5 Å². The largest absolute Gasteiger partial charge is 0.379 e. The van der Waals surface area contributed by atoms with Gasteiger partial charge in [0.1, 0.15) is 6.23 Å². The molecule has 1 atom stereocenters. The monoisotopic (exact) mass is 220 g/mol. The molecule has 4 N–H and O–H groups in total. The summed E-state index contributed by atoms with van der Waals surface area (Å²) < 4.78 is 15.8. The molecule has 0 aliphatic carbocycles. The topological polar surface area (TPSA) is 79.7 Å². The number of hydrogen-bond donors (Lipinski definition) is 2. The lowest BCUT2D eigenvalue weighted by Gasteiger charge is -2.11. The van der Waals surface area contributed by atoms with Crippen LogP contribution < -0.4 is 11.5 Å². The van der Waals surface area contributed by atoms with Gasteiger partial charge < -0.3 is 25.7 Å². The van der Waals surface area contributed by atoms with Crippen molar-refractivity contribution >= 4 is 0 Å². The molecule has 0 radical (unpaired) electrons. The third-order valence-electron chi connectivity index (χ3n) is 1.73. The molecule has 5 heteroatoms. The Balaban J connectivity index is 2.98. The molecular weight excluding hydrogens is 196 g/mol. The fourth-order valence-corrected chi connectivity index (χ4v) is 0.972. The minimum absolute atomic E-state index is 0.269. The number of ether oxygens (including phenoxy) is 3. The first-order valence-corrected chi connectivity index (χ1v) is 5.54. The second kappa shape index (κ2) is 11.9. The molecule has 0 saturated carbocycles. The summed E-state index contributed by atoms with van der Waals surface area (Å²) >= 11 is 0. The molecule has 1 unspecified atom stereocenters. The summed E-state index contributed by atoms with van der Waals surface area (Å²) in [6, 6.07) is 0. The van der Waals surface area contributed by atoms with Crippen molar-refractivity contribution in [2.45, 2.75) is 26.0 Å². The van der Waals surface area contributed by atoms with Crippen molar-refractivity contribution in [3.63, 3.8) is 0 Å². The van der Waals surface area contributed by atoms with Crippen molar-refractivity contribution in [1.82, 2.24) is 0 Å². The normalized spacial score (nSPS) is 13.0. The van der Waals surface area contributed by atoms with Crippen LogP contribution in [0.5, 0.6) is 0 Å². The van der Waals surface area contributed by atoms with E-state index in [-0.39, 0.29) is 6.23 Å². The quantitative estimate of drug-likeness (QED) is 0.381. The molecule has 0 aliphatic heterocycles. The van der Waals surface area contributed by atoms with E-state index < -0.39 is 0 Å². The van der Waals surface area contributed by atoms with Crippen LogP contribution in [-0.4, -0.2) is 45.8 Å². The first-order chi connectivity index (χ1) is 7.31. The zero-order valence-electron chi connectivity index (χ0n) is 9.61. The Morgan fingerprint density at radius 3 is 2.20 bits per heavy atom. The third kappa shape index (κ3) is 11.7. The van der Waals surface area contributed by atoms with Crippen LogP contribution in [0.3, 0.4) is 0 Å². The highest BCUT2D eigenvalue weighted by molar-refractivity contribution is 4.47. The smallest absolute Gasteiger partial charge is 0.106 e. The molecule has 0 rings (SSSR count). The van der Waals surface area contributed by atoms with Crippen molar-refractivity contribution in [2.75, 3.05) is 39.6 Å². The standard InChI is InChI=1S/C10H24N2O3/c1-2-5-13-6-7-14-8-9-15-10(12)3-4-11/h10H,2-9,11-12H2,1H3. The summed E-state index contributed by atoms with van der Waals surface area (Å²) in [4.78, 5) is 0. The molecule has 15 heavy (non-hydrogen) atoms. The summed E-state index contributed by atoms with van der Waals surface area (Å²) in [6.45, 7) is 5.72. The van der Waals surface area contributed by atoms with Gasteiger partial charge in [0.2, 0.25) is 0 Å². The predicted molar refractivity (Wildman–Crippen MR) is 59.5 cm³/mol. The molecule has 0 bridgehead atoms. The summed E-state index contributed by atoms with van der Waals surface area (Å²) in [5.41, 5.74) is 10.9. The van der Waals surface area contributed by atoms with Gasteiger partial charge in [-0.1, -0.05) is 6.92 Å². The van der Waals surface area contributed by atoms with Crippen molar-refractivity contribution < 1.29 is 14.2 Å². The highest BCUT2D eigenvalue weighted by atomic mass is 16.5. The summed E-state index contributed by atoms with van der Waals surface area (Å²) in [7, 11) is 0. The lowest BCUT2D eigenvalue weighted by molar-refractivity contribution is -0.0109. The zero-order chi connectivity index (χ0) is 11.4. The van der Waals surface area contributed by atoms with Crippen LogP contribution in [-0.2, 0) is 14.2 Å². The van der Waals surface area contributed by atoms with E-state index in [1.165, 1.54) is 0 Å². The SMILES string of the molecule is CCCOCCOCCOC(N)CCN. The molecule has 0 amide bonds. The summed E-state index contributed by atoms with van der Waals surface area (Å²) in [6.07, 6.45) is 1.45. The van der Waals surface area contributed by atoms with E-state index in [1.807, 2.05) is 0 Å². The maximum atomic E-state index is 5.58. The van der Waals surface area contributed by atoms with Gasteiger partial charge in [-0.25, -0.2) is 0 Å². The van der Waals surface area contributed by atoms with Crippen LogP contribution in [0.1, 0.15) is 19.8 Å². The molecule has 0 aliphatic rings. The first kappa shape index (κ1) is 14.8. The van der Waals surface area contributed by atoms with Crippen LogP contribution in [0.2, 0.25) is 0 Å². The Hall–Kier alpha value is -0.200. The van der Waals surface area contributed by atoms with Gasteiger partial charge in [0.25, 0.3) is 0 Å². The molecule has 0 aromatic heterocycles. The second-order valence-corrected chi connectivity index (χ2v) is 3.21. The fourth-order valence-electron chi connectivity index (χ4n) is 0.972. The van der Waals surface area contributed by atoms with Gasteiger partial charge in [-0.05, 0) is 19.4 Å². The van der Waals surface area contributed by atoms with Gasteiger partial charge >= 0.3 is 0 Å². The summed E-state index contributed by atoms with van der Waals surface area (Å²) in [5, 5.41) is 0. The molecule has 92 valence electrons. The lowest BCUT2D eigenvalue weighted by Crippen LogP contribution is -2.28. The minimum atomic E-state index is -0.269. The summed E-state index contributed by atoms with van der Waals surface area (Å²) in [5.74, 6) is 0. The van der Waals surface area contributed by atoms with E-state index >= 15 is 0 Å². The number of nitrogens with two attached hydrogens (primary N) is 2. The maximum Gasteiger partial charge on any atom is 0.106 e. The Kier molecular flexibility index (Phi) is 11.7. The molecule has 0 heterocycles. The first-order valence-electron chi connectivity index (χ1n) is 5.54. The molecule has 0 fully saturated rings. The highest BCUT2D eigenvalue weighted by Crippen LogP contribution is 1.89. The zero-order valence-corrected chi connectivity index (χ0v) is 9.61. The van der Waals surface area contributed by atoms with Crippen LogP contribution in [0.25, 0.3) is 0 Å². The van der Waals surface area contributed by atoms with Crippen molar-refractivity contribution in [3.05, 3.63) is 0 Å². The van der Waals surface area contributed by atoms with Crippen molar-refractivity contribution in [1.29, 1.82) is 0 Å². The third-order valence-corrected chi connectivity index (χ3v) is 1.73. The van der Waals surface area contributed by atoms with Crippen LogP contribution in [0.15, 0.2) is 0 Å². The van der Waals surface area contributed by atoms with Gasteiger partial charge in [0.15, 0.2) is 0 Å². The fraction of sp³-hybridized carbons (Fsp3) is 1.00. The van der Waals surface area contributed by atoms with Crippen LogP contribution in [0.4, 0.5) is 0 Å². The van der Waals surface area contributed by atoms with Crippen LogP contribution in [0, 0.1) is 0 Å². The van der Waals surface area contributed by atoms with Crippen LogP contribution >= 0.6 is 0 Å². The molecule has 0 saturated heterocycles.